The van der Waals surface area contributed by atoms with Crippen LogP contribution in [0.1, 0.15) is 16.7 Å². The van der Waals surface area contributed by atoms with Crippen molar-refractivity contribution in [2.24, 2.45) is 0 Å². The average molecular weight is 756 g/mol. The van der Waals surface area contributed by atoms with Gasteiger partial charge in [-0.25, -0.2) is 0 Å². The van der Waals surface area contributed by atoms with Crippen LogP contribution in [0.2, 0.25) is 0 Å². The number of aromatic nitrogens is 3. The van der Waals surface area contributed by atoms with Gasteiger partial charge in [-0.05, 0) is 101 Å². The number of hydrogen-bond donors (Lipinski definition) is 0. The molecule has 10 rings (SSSR count). The van der Waals surface area contributed by atoms with Crippen molar-refractivity contribution in [1.82, 2.24) is 14.1 Å². The van der Waals surface area contributed by atoms with E-state index in [9.17, 15) is 23.7 Å². The summed E-state index contributed by atoms with van der Waals surface area (Å²) >= 11 is 0. The summed E-state index contributed by atoms with van der Waals surface area (Å²) in [7, 11) is 0. The summed E-state index contributed by atoms with van der Waals surface area (Å²) in [5.41, 5.74) is 8.77. The first kappa shape index (κ1) is 34.5. The maximum Gasteiger partial charge on any atom is 0.416 e. The highest BCUT2D eigenvalue weighted by Gasteiger charge is 2.32. The number of hydrogen-bond acceptors (Lipinski definition) is 3. The molecule has 0 fully saturated rings. The van der Waals surface area contributed by atoms with Gasteiger partial charge in [-0.2, -0.15) is 23.7 Å². The summed E-state index contributed by atoms with van der Waals surface area (Å²) in [6, 6.07) is 54.8. The molecule has 0 atom stereocenters. The molecule has 0 radical (unpaired) electrons. The Morgan fingerprint density at radius 3 is 1.50 bits per heavy atom. The standard InChI is InChI=1S/C50H28F3N5/c51-50(52,53)35-21-24-47(57-43-16-7-5-14-38(43)40-26-31(19-22-45(40)57)36-12-3-1-10-33(36)29-54)42(28-35)49-48(18-9-25-56-49)58-44-17-8-6-15-39(44)41-27-32(20-23-46(41)58)37-13-4-2-11-34(37)30-55/h1-28H. The highest BCUT2D eigenvalue weighted by Crippen LogP contribution is 2.43. The van der Waals surface area contributed by atoms with Crippen molar-refractivity contribution in [3.05, 3.63) is 187 Å². The van der Waals surface area contributed by atoms with E-state index < -0.39 is 11.7 Å². The second-order valence-electron chi connectivity index (χ2n) is 14.1. The van der Waals surface area contributed by atoms with Crippen LogP contribution in [0.25, 0.3) is 88.5 Å². The van der Waals surface area contributed by atoms with Gasteiger partial charge in [-0.1, -0.05) is 84.9 Å². The zero-order chi connectivity index (χ0) is 39.5. The quantitative estimate of drug-likeness (QED) is 0.176. The lowest BCUT2D eigenvalue weighted by Crippen LogP contribution is -2.08. The van der Waals surface area contributed by atoms with Crippen molar-refractivity contribution in [1.29, 1.82) is 10.5 Å². The zero-order valence-corrected chi connectivity index (χ0v) is 30.5. The normalized spacial score (nSPS) is 11.7. The molecule has 10 aromatic rings. The molecule has 0 aliphatic rings. The van der Waals surface area contributed by atoms with Crippen LogP contribution in [-0.4, -0.2) is 14.1 Å². The zero-order valence-electron chi connectivity index (χ0n) is 30.5. The van der Waals surface area contributed by atoms with Crippen LogP contribution in [-0.2, 0) is 6.18 Å². The lowest BCUT2D eigenvalue weighted by Gasteiger charge is -2.19. The lowest BCUT2D eigenvalue weighted by molar-refractivity contribution is -0.137. The molecule has 0 unspecified atom stereocenters. The van der Waals surface area contributed by atoms with Crippen LogP contribution >= 0.6 is 0 Å². The van der Waals surface area contributed by atoms with Crippen LogP contribution < -0.4 is 0 Å². The Labute approximate surface area is 330 Å². The second kappa shape index (κ2) is 13.4. The van der Waals surface area contributed by atoms with Crippen LogP contribution in [0.15, 0.2) is 170 Å². The summed E-state index contributed by atoms with van der Waals surface area (Å²) in [6.45, 7) is 0. The summed E-state index contributed by atoms with van der Waals surface area (Å²) in [4.78, 5) is 4.86. The van der Waals surface area contributed by atoms with E-state index >= 15 is 0 Å². The Morgan fingerprint density at radius 2 is 0.948 bits per heavy atom. The minimum Gasteiger partial charge on any atom is -0.309 e. The van der Waals surface area contributed by atoms with Gasteiger partial charge in [-0.3, -0.25) is 4.98 Å². The van der Waals surface area contributed by atoms with E-state index in [0.29, 0.717) is 33.8 Å². The van der Waals surface area contributed by atoms with Gasteiger partial charge in [0.2, 0.25) is 0 Å². The monoisotopic (exact) mass is 755 g/mol. The number of alkyl halides is 3. The number of nitrogens with zero attached hydrogens (tertiary/aromatic N) is 5. The minimum atomic E-state index is -4.62. The number of fused-ring (bicyclic) bond motifs is 6. The van der Waals surface area contributed by atoms with E-state index in [2.05, 4.69) is 22.8 Å². The molecule has 274 valence electrons. The fraction of sp³-hybridized carbons (Fsp3) is 0.0200. The molecular weight excluding hydrogens is 728 g/mol. The van der Waals surface area contributed by atoms with Crippen molar-refractivity contribution < 1.29 is 13.2 Å². The highest BCUT2D eigenvalue weighted by molar-refractivity contribution is 6.12. The smallest absolute Gasteiger partial charge is 0.309 e. The van der Waals surface area contributed by atoms with Crippen molar-refractivity contribution >= 4 is 43.6 Å². The van der Waals surface area contributed by atoms with Crippen LogP contribution in [0.3, 0.4) is 0 Å². The molecule has 3 heterocycles. The molecule has 0 aliphatic heterocycles. The first-order chi connectivity index (χ1) is 28.3. The molecule has 0 saturated heterocycles. The molecule has 0 N–H and O–H groups in total. The van der Waals surface area contributed by atoms with Crippen LogP contribution in [0.4, 0.5) is 13.2 Å². The minimum absolute atomic E-state index is 0.303. The van der Waals surface area contributed by atoms with Gasteiger partial charge in [0.25, 0.3) is 0 Å². The summed E-state index contributed by atoms with van der Waals surface area (Å²) in [5, 5.41) is 23.4. The maximum atomic E-state index is 14.7. The van der Waals surface area contributed by atoms with E-state index in [1.807, 2.05) is 126 Å². The first-order valence-electron chi connectivity index (χ1n) is 18.6. The Kier molecular flexibility index (Phi) is 7.96. The van der Waals surface area contributed by atoms with Gasteiger partial charge >= 0.3 is 6.18 Å². The lowest BCUT2D eigenvalue weighted by atomic mass is 9.98. The predicted octanol–water partition coefficient (Wildman–Crippen LogP) is 13.0. The van der Waals surface area contributed by atoms with Crippen LogP contribution in [0.5, 0.6) is 0 Å². The Hall–Kier alpha value is -7.94. The molecule has 58 heavy (non-hydrogen) atoms. The van der Waals surface area contributed by atoms with Crippen molar-refractivity contribution in [2.75, 3.05) is 0 Å². The van der Waals surface area contributed by atoms with Gasteiger partial charge in [-0.15, -0.1) is 0 Å². The Bertz CT molecular complexity index is 3370. The third-order valence-electron chi connectivity index (χ3n) is 10.9. The molecular formula is C50H28F3N5. The number of halogens is 3. The Morgan fingerprint density at radius 1 is 0.448 bits per heavy atom. The number of para-hydroxylation sites is 2. The SMILES string of the molecule is N#Cc1ccccc1-c1ccc2c(c1)c1ccccc1n2-c1ccc(C(F)(F)F)cc1-c1ncccc1-n1c2ccccc2c2cc(-c3ccccc3C#N)ccc21. The predicted molar refractivity (Wildman–Crippen MR) is 224 cm³/mol. The highest BCUT2D eigenvalue weighted by atomic mass is 19.4. The second-order valence-corrected chi connectivity index (χ2v) is 14.1. The van der Waals surface area contributed by atoms with Crippen molar-refractivity contribution in [2.45, 2.75) is 6.18 Å². The largest absolute Gasteiger partial charge is 0.416 e. The van der Waals surface area contributed by atoms with Gasteiger partial charge in [0.15, 0.2) is 0 Å². The molecule has 0 bridgehead atoms. The fourth-order valence-electron chi connectivity index (χ4n) is 8.35. The summed E-state index contributed by atoms with van der Waals surface area (Å²) < 4.78 is 48.1. The van der Waals surface area contributed by atoms with Gasteiger partial charge in [0.05, 0.1) is 68.0 Å². The van der Waals surface area contributed by atoms with E-state index in [0.717, 1.165) is 71.9 Å². The van der Waals surface area contributed by atoms with E-state index in [1.165, 1.54) is 12.1 Å². The number of benzene rings is 7. The third kappa shape index (κ3) is 5.43. The molecule has 0 saturated carbocycles. The molecule has 0 spiro atoms. The van der Waals surface area contributed by atoms with Gasteiger partial charge < -0.3 is 9.13 Å². The molecule has 5 nitrogen and oxygen atoms in total. The van der Waals surface area contributed by atoms with E-state index in [4.69, 9.17) is 4.98 Å². The molecule has 0 amide bonds. The van der Waals surface area contributed by atoms with E-state index in [1.54, 1.807) is 24.4 Å². The fourth-order valence-corrected chi connectivity index (χ4v) is 8.35. The van der Waals surface area contributed by atoms with E-state index in [-0.39, 0.29) is 0 Å². The topological polar surface area (TPSA) is 70.3 Å². The molecule has 8 heteroatoms. The molecule has 7 aromatic carbocycles. The van der Waals surface area contributed by atoms with Gasteiger partial charge in [0, 0.05) is 33.3 Å². The third-order valence-corrected chi connectivity index (χ3v) is 10.9. The maximum absolute atomic E-state index is 14.7. The summed E-state index contributed by atoms with van der Waals surface area (Å²) in [6.07, 6.45) is -3.01. The van der Waals surface area contributed by atoms with Crippen molar-refractivity contribution in [3.63, 3.8) is 0 Å². The van der Waals surface area contributed by atoms with Gasteiger partial charge in [0.1, 0.15) is 0 Å². The molecule has 0 aliphatic carbocycles. The number of nitriles is 2. The average Bonchev–Trinajstić information content (AvgIpc) is 3.78. The number of pyridine rings is 1. The summed E-state index contributed by atoms with van der Waals surface area (Å²) in [5.74, 6) is 0. The van der Waals surface area contributed by atoms with Crippen LogP contribution in [0, 0.1) is 22.7 Å². The Balaban J connectivity index is 1.24. The number of rotatable bonds is 5. The first-order valence-corrected chi connectivity index (χ1v) is 18.6. The molecule has 3 aromatic heterocycles. The van der Waals surface area contributed by atoms with Crippen molar-refractivity contribution in [3.8, 4) is 57.0 Å².